The normalized spacial score (nSPS) is 11.3. The number of hydrogen-bond acceptors (Lipinski definition) is 5. The van der Waals surface area contributed by atoms with Crippen LogP contribution in [0.5, 0.6) is 5.75 Å². The number of methoxy groups -OCH3 is 1. The first-order chi connectivity index (χ1) is 15.4. The third-order valence-corrected chi connectivity index (χ3v) is 6.72. The van der Waals surface area contributed by atoms with Gasteiger partial charge in [-0.25, -0.2) is 23.7 Å². The van der Waals surface area contributed by atoms with Crippen LogP contribution in [-0.2, 0) is 7.05 Å². The van der Waals surface area contributed by atoms with E-state index in [1.165, 1.54) is 4.34 Å². The Kier molecular flexibility index (Phi) is 8.24. The standard InChI is InChI=1S/C18H15ClF2IN6OP.C2H6/c1-27-8-23-7-12(27)9-3-4-10(13(5-9)29-2)24-11-6-14(19)25-17-15(11)26-18(16(20)21)28(17)30-22;1-2/h3-8,16,30H,1-2H3,(H,24,25);1-2H3. The van der Waals surface area contributed by atoms with E-state index in [-0.39, 0.29) is 17.4 Å². The molecule has 7 nitrogen and oxygen atoms in total. The number of benzene rings is 1. The molecular formula is C20H21ClF2IN6OP. The van der Waals surface area contributed by atoms with E-state index in [2.05, 4.69) is 20.3 Å². The lowest BCUT2D eigenvalue weighted by Gasteiger charge is -2.14. The topological polar surface area (TPSA) is 69.8 Å². The van der Waals surface area contributed by atoms with E-state index in [1.807, 2.05) is 65.7 Å². The average Bonchev–Trinajstić information content (AvgIpc) is 3.38. The second-order valence-corrected chi connectivity index (χ2v) is 8.74. The summed E-state index contributed by atoms with van der Waals surface area (Å²) in [6.45, 7) is 4.00. The van der Waals surface area contributed by atoms with Crippen molar-refractivity contribution >= 4 is 62.6 Å². The van der Waals surface area contributed by atoms with Crippen LogP contribution in [0.3, 0.4) is 0 Å². The molecule has 0 bridgehead atoms. The van der Waals surface area contributed by atoms with Crippen LogP contribution in [0.15, 0.2) is 36.8 Å². The van der Waals surface area contributed by atoms with Crippen LogP contribution < -0.4 is 10.1 Å². The molecule has 0 saturated carbocycles. The summed E-state index contributed by atoms with van der Waals surface area (Å²) in [5.74, 6) is 0.230. The van der Waals surface area contributed by atoms with Crippen LogP contribution in [0.4, 0.5) is 20.2 Å². The smallest absolute Gasteiger partial charge is 0.295 e. The highest BCUT2D eigenvalue weighted by atomic mass is 127. The summed E-state index contributed by atoms with van der Waals surface area (Å²) in [7, 11) is 3.46. The van der Waals surface area contributed by atoms with Gasteiger partial charge in [0.25, 0.3) is 6.43 Å². The molecule has 0 aliphatic heterocycles. The van der Waals surface area contributed by atoms with Gasteiger partial charge in [0.05, 0.1) is 43.1 Å². The summed E-state index contributed by atoms with van der Waals surface area (Å²) in [4.78, 5) is 12.5. The summed E-state index contributed by atoms with van der Waals surface area (Å²) >= 11 is 8.19. The third kappa shape index (κ3) is 4.82. The summed E-state index contributed by atoms with van der Waals surface area (Å²) in [6.07, 6.45) is 0.761. The predicted octanol–water partition coefficient (Wildman–Crippen LogP) is 6.99. The van der Waals surface area contributed by atoms with Gasteiger partial charge in [-0.3, -0.25) is 4.34 Å². The number of anilines is 2. The van der Waals surface area contributed by atoms with Gasteiger partial charge in [0, 0.05) is 18.7 Å². The van der Waals surface area contributed by atoms with Gasteiger partial charge in [0.2, 0.25) is 0 Å². The van der Waals surface area contributed by atoms with Crippen LogP contribution in [-0.4, -0.2) is 31.0 Å². The quantitative estimate of drug-likeness (QED) is 0.148. The molecule has 32 heavy (non-hydrogen) atoms. The van der Waals surface area contributed by atoms with Crippen molar-refractivity contribution in [2.24, 2.45) is 7.05 Å². The maximum absolute atomic E-state index is 13.5. The molecule has 3 aromatic heterocycles. The molecule has 0 saturated heterocycles. The highest BCUT2D eigenvalue weighted by Crippen LogP contribution is 2.39. The molecule has 4 rings (SSSR count). The largest absolute Gasteiger partial charge is 0.495 e. The third-order valence-electron chi connectivity index (χ3n) is 4.47. The SMILES string of the molecule is CC.COc1cc(-c2cncn2C)ccc1Nc1cc(Cl)nc2c1nc(C(F)F)n2PI. The monoisotopic (exact) mass is 592 g/mol. The summed E-state index contributed by atoms with van der Waals surface area (Å²) < 4.78 is 35.7. The van der Waals surface area contributed by atoms with E-state index in [4.69, 9.17) is 16.3 Å². The molecule has 1 N–H and O–H groups in total. The number of alkyl halides is 2. The Balaban J connectivity index is 0.00000141. The van der Waals surface area contributed by atoms with E-state index < -0.39 is 6.43 Å². The zero-order valence-electron chi connectivity index (χ0n) is 17.7. The maximum Gasteiger partial charge on any atom is 0.295 e. The molecule has 0 aliphatic rings. The fourth-order valence-corrected chi connectivity index (χ4v) is 5.18. The lowest BCUT2D eigenvalue weighted by Crippen LogP contribution is -1.98. The zero-order chi connectivity index (χ0) is 23.4. The minimum absolute atomic E-state index is 0.00461. The van der Waals surface area contributed by atoms with Crippen LogP contribution in [0.2, 0.25) is 5.15 Å². The Bertz CT molecular complexity index is 1230. The molecule has 0 radical (unpaired) electrons. The van der Waals surface area contributed by atoms with Crippen LogP contribution in [0, 0.1) is 0 Å². The minimum atomic E-state index is -2.72. The van der Waals surface area contributed by atoms with Gasteiger partial charge in [0.1, 0.15) is 16.4 Å². The lowest BCUT2D eigenvalue weighted by molar-refractivity contribution is 0.140. The zero-order valence-corrected chi connectivity index (χ0v) is 21.6. The van der Waals surface area contributed by atoms with Crippen molar-refractivity contribution in [3.05, 3.63) is 47.8 Å². The summed E-state index contributed by atoms with van der Waals surface area (Å²) in [5, 5.41) is 3.38. The molecule has 1 unspecified atom stereocenters. The van der Waals surface area contributed by atoms with E-state index in [1.54, 1.807) is 25.7 Å². The number of aromatic nitrogens is 5. The van der Waals surface area contributed by atoms with Crippen molar-refractivity contribution in [1.82, 2.24) is 23.9 Å². The van der Waals surface area contributed by atoms with Crippen molar-refractivity contribution in [2.45, 2.75) is 20.3 Å². The number of imidazole rings is 2. The van der Waals surface area contributed by atoms with Crippen molar-refractivity contribution < 1.29 is 13.5 Å². The Morgan fingerprint density at radius 3 is 2.53 bits per heavy atom. The number of pyridine rings is 1. The molecule has 170 valence electrons. The fraction of sp³-hybridized carbons (Fsp3) is 0.250. The number of halogens is 4. The molecular weight excluding hydrogens is 572 g/mol. The van der Waals surface area contributed by atoms with Gasteiger partial charge < -0.3 is 14.6 Å². The van der Waals surface area contributed by atoms with Crippen molar-refractivity contribution in [3.8, 4) is 17.0 Å². The number of rotatable bonds is 6. The lowest BCUT2D eigenvalue weighted by atomic mass is 10.1. The average molecular weight is 593 g/mol. The highest BCUT2D eigenvalue weighted by Gasteiger charge is 2.22. The van der Waals surface area contributed by atoms with Gasteiger partial charge in [0.15, 0.2) is 11.5 Å². The second-order valence-electron chi connectivity index (χ2n) is 6.29. The highest BCUT2D eigenvalue weighted by molar-refractivity contribution is 14.2. The number of fused-ring (bicyclic) bond motifs is 1. The molecule has 1 aromatic carbocycles. The number of ether oxygens (including phenoxy) is 1. The van der Waals surface area contributed by atoms with Gasteiger partial charge in [-0.15, -0.1) is 0 Å². The van der Waals surface area contributed by atoms with E-state index >= 15 is 0 Å². The first-order valence-electron chi connectivity index (χ1n) is 9.58. The fourth-order valence-electron chi connectivity index (χ4n) is 3.09. The molecule has 0 aliphatic carbocycles. The van der Waals surface area contributed by atoms with Crippen molar-refractivity contribution in [1.29, 1.82) is 0 Å². The molecule has 0 amide bonds. The molecule has 12 heteroatoms. The Labute approximate surface area is 203 Å². The van der Waals surface area contributed by atoms with Crippen molar-refractivity contribution in [2.75, 3.05) is 12.4 Å². The van der Waals surface area contributed by atoms with Gasteiger partial charge in [-0.1, -0.05) is 31.5 Å². The van der Waals surface area contributed by atoms with Gasteiger partial charge in [-0.05, 0) is 34.2 Å². The van der Waals surface area contributed by atoms with Crippen molar-refractivity contribution in [3.63, 3.8) is 0 Å². The van der Waals surface area contributed by atoms with Gasteiger partial charge >= 0.3 is 0 Å². The van der Waals surface area contributed by atoms with E-state index in [0.717, 1.165) is 11.3 Å². The molecule has 0 spiro atoms. The maximum atomic E-state index is 13.5. The van der Waals surface area contributed by atoms with E-state index in [9.17, 15) is 8.78 Å². The predicted molar refractivity (Wildman–Crippen MR) is 135 cm³/mol. The Morgan fingerprint density at radius 2 is 1.94 bits per heavy atom. The first kappa shape index (κ1) is 24.6. The first-order valence-corrected chi connectivity index (χ1v) is 14.0. The number of aryl methyl sites for hydroxylation is 1. The summed E-state index contributed by atoms with van der Waals surface area (Å²) in [6, 6.07) is 7.18. The van der Waals surface area contributed by atoms with E-state index in [0.29, 0.717) is 28.3 Å². The van der Waals surface area contributed by atoms with Crippen LogP contribution in [0.25, 0.3) is 22.4 Å². The number of hydrogen-bond donors (Lipinski definition) is 1. The second kappa shape index (κ2) is 10.7. The number of nitrogens with one attached hydrogen (secondary N) is 1. The Morgan fingerprint density at radius 1 is 1.19 bits per heavy atom. The molecule has 0 fully saturated rings. The molecule has 3 heterocycles. The van der Waals surface area contributed by atoms with Crippen LogP contribution >= 0.6 is 40.0 Å². The Hall–Kier alpha value is -2.04. The summed E-state index contributed by atoms with van der Waals surface area (Å²) in [5.41, 5.74) is 3.57. The number of nitrogens with zero attached hydrogens (tertiary/aromatic N) is 5. The van der Waals surface area contributed by atoms with Gasteiger partial charge in [-0.2, -0.15) is 0 Å². The minimum Gasteiger partial charge on any atom is -0.495 e. The molecule has 4 aromatic rings. The molecule has 1 atom stereocenters. The van der Waals surface area contributed by atoms with Crippen LogP contribution in [0.1, 0.15) is 26.1 Å².